The molecule has 1 rings (SSSR count). The van der Waals surface area contributed by atoms with Crippen molar-refractivity contribution < 1.29 is 14.3 Å². The van der Waals surface area contributed by atoms with Crippen LogP contribution in [0, 0.1) is 6.92 Å². The molecule has 10 heavy (non-hydrogen) atoms. The monoisotopic (exact) mass is 142 g/mol. The van der Waals surface area contributed by atoms with Crippen molar-refractivity contribution in [3.63, 3.8) is 0 Å². The van der Waals surface area contributed by atoms with E-state index in [1.54, 1.807) is 0 Å². The van der Waals surface area contributed by atoms with Crippen molar-refractivity contribution in [2.45, 2.75) is 6.04 Å². The average molecular weight is 142 g/mol. The van der Waals surface area contributed by atoms with Gasteiger partial charge in [0.15, 0.2) is 11.9 Å². The molecule has 0 fully saturated rings. The predicted octanol–water partition coefficient (Wildman–Crippen LogP) is -0.209. The van der Waals surface area contributed by atoms with E-state index in [1.807, 2.05) is 0 Å². The smallest absolute Gasteiger partial charge is 0.334 e. The molecule has 0 aliphatic carbocycles. The van der Waals surface area contributed by atoms with Gasteiger partial charge in [-0.3, -0.25) is 0 Å². The Morgan fingerprint density at radius 1 is 2.00 bits per heavy atom. The van der Waals surface area contributed by atoms with E-state index in [9.17, 15) is 4.79 Å². The first kappa shape index (κ1) is 7.05. The van der Waals surface area contributed by atoms with Gasteiger partial charge in [0.25, 0.3) is 0 Å². The van der Waals surface area contributed by atoms with Crippen molar-refractivity contribution in [3.8, 4) is 0 Å². The van der Waals surface area contributed by atoms with Crippen molar-refractivity contribution in [1.29, 1.82) is 0 Å². The first-order valence-electron chi connectivity index (χ1n) is 2.84. The summed E-state index contributed by atoms with van der Waals surface area (Å²) in [5, 5.41) is 0. The number of carbonyl (C=O) groups excluding carboxylic acids is 1. The highest BCUT2D eigenvalue weighted by molar-refractivity contribution is 5.87. The fraction of sp³-hybridized carbons (Fsp3) is 0.500. The average Bonchev–Trinajstić information content (AvgIpc) is 2.34. The van der Waals surface area contributed by atoms with Crippen LogP contribution in [0.3, 0.4) is 0 Å². The molecule has 1 aliphatic heterocycles. The van der Waals surface area contributed by atoms with Crippen LogP contribution in [-0.2, 0) is 14.3 Å². The fourth-order valence-electron chi connectivity index (χ4n) is 0.680. The van der Waals surface area contributed by atoms with Crippen LogP contribution in [0.2, 0.25) is 0 Å². The summed E-state index contributed by atoms with van der Waals surface area (Å²) in [6.07, 6.45) is 0. The second kappa shape index (κ2) is 2.68. The maximum Gasteiger partial charge on any atom is 0.334 e. The molecule has 4 heteroatoms. The Morgan fingerprint density at radius 3 is 3.10 bits per heavy atom. The zero-order valence-corrected chi connectivity index (χ0v) is 5.66. The van der Waals surface area contributed by atoms with E-state index in [-0.39, 0.29) is 12.6 Å². The molecule has 55 valence electrons. The zero-order chi connectivity index (χ0) is 7.56. The van der Waals surface area contributed by atoms with Crippen molar-refractivity contribution >= 4 is 11.9 Å². The number of methoxy groups -OCH3 is 1. The Bertz CT molecular complexity index is 176. The summed E-state index contributed by atoms with van der Waals surface area (Å²) in [5.41, 5.74) is 0. The molecule has 1 atom stereocenters. The highest BCUT2D eigenvalue weighted by Gasteiger charge is 2.24. The molecule has 0 spiro atoms. The Morgan fingerprint density at radius 2 is 2.70 bits per heavy atom. The third-order valence-electron chi connectivity index (χ3n) is 1.18. The standard InChI is InChI=1S/C6H8NO3/c1-4-7-5(3-10-4)6(8)9-2/h5H,1,3H2,2H3. The molecule has 0 N–H and O–H groups in total. The van der Waals surface area contributed by atoms with Crippen LogP contribution in [0.5, 0.6) is 0 Å². The van der Waals surface area contributed by atoms with Crippen LogP contribution >= 0.6 is 0 Å². The first-order chi connectivity index (χ1) is 4.74. The Balaban J connectivity index is 2.52. The van der Waals surface area contributed by atoms with Crippen molar-refractivity contribution in [1.82, 2.24) is 0 Å². The second-order valence-electron chi connectivity index (χ2n) is 1.87. The third-order valence-corrected chi connectivity index (χ3v) is 1.18. The van der Waals surface area contributed by atoms with Gasteiger partial charge in [-0.25, -0.2) is 9.79 Å². The summed E-state index contributed by atoms with van der Waals surface area (Å²) in [7, 11) is 1.32. The van der Waals surface area contributed by atoms with Gasteiger partial charge in [-0.05, 0) is 0 Å². The Hall–Kier alpha value is -1.06. The summed E-state index contributed by atoms with van der Waals surface area (Å²) in [5.74, 6) is -0.0750. The number of carbonyl (C=O) groups is 1. The Kier molecular flexibility index (Phi) is 1.89. The summed E-state index contributed by atoms with van der Waals surface area (Å²) >= 11 is 0. The zero-order valence-electron chi connectivity index (χ0n) is 5.66. The molecule has 1 radical (unpaired) electrons. The number of esters is 1. The molecule has 0 saturated heterocycles. The summed E-state index contributed by atoms with van der Waals surface area (Å²) in [6.45, 7) is 3.68. The van der Waals surface area contributed by atoms with E-state index in [0.29, 0.717) is 5.90 Å². The van der Waals surface area contributed by atoms with Gasteiger partial charge in [-0.1, -0.05) is 0 Å². The predicted molar refractivity (Wildman–Crippen MR) is 34.5 cm³/mol. The maximum absolute atomic E-state index is 10.7. The molecule has 0 saturated carbocycles. The van der Waals surface area contributed by atoms with Crippen LogP contribution in [0.15, 0.2) is 4.99 Å². The first-order valence-corrected chi connectivity index (χ1v) is 2.84. The van der Waals surface area contributed by atoms with E-state index in [4.69, 9.17) is 4.74 Å². The summed E-state index contributed by atoms with van der Waals surface area (Å²) in [6, 6.07) is -0.502. The van der Waals surface area contributed by atoms with E-state index in [0.717, 1.165) is 0 Å². The number of aliphatic imine (C=N–C) groups is 1. The minimum absolute atomic E-state index is 0.255. The van der Waals surface area contributed by atoms with Gasteiger partial charge in [-0.2, -0.15) is 0 Å². The van der Waals surface area contributed by atoms with Gasteiger partial charge in [0.05, 0.1) is 7.11 Å². The highest BCUT2D eigenvalue weighted by atomic mass is 16.5. The van der Waals surface area contributed by atoms with Crippen LogP contribution < -0.4 is 0 Å². The van der Waals surface area contributed by atoms with E-state index in [1.165, 1.54) is 7.11 Å². The highest BCUT2D eigenvalue weighted by Crippen LogP contribution is 2.04. The molecule has 1 aliphatic rings. The maximum atomic E-state index is 10.7. The minimum Gasteiger partial charge on any atom is -0.478 e. The fourth-order valence-corrected chi connectivity index (χ4v) is 0.680. The molecular weight excluding hydrogens is 134 g/mol. The SMILES string of the molecule is [CH2]C1=NC(C(=O)OC)CO1. The quantitative estimate of drug-likeness (QED) is 0.476. The van der Waals surface area contributed by atoms with Crippen molar-refractivity contribution in [3.05, 3.63) is 6.92 Å². The van der Waals surface area contributed by atoms with Gasteiger partial charge in [0.2, 0.25) is 0 Å². The second-order valence-corrected chi connectivity index (χ2v) is 1.87. The van der Waals surface area contributed by atoms with Crippen molar-refractivity contribution in [2.24, 2.45) is 4.99 Å². The number of hydrogen-bond acceptors (Lipinski definition) is 4. The molecule has 0 aromatic heterocycles. The lowest BCUT2D eigenvalue weighted by atomic mass is 10.3. The molecule has 4 nitrogen and oxygen atoms in total. The lowest BCUT2D eigenvalue weighted by Gasteiger charge is -1.99. The minimum atomic E-state index is -0.502. The molecule has 0 bridgehead atoms. The summed E-state index contributed by atoms with van der Waals surface area (Å²) in [4.78, 5) is 14.5. The lowest BCUT2D eigenvalue weighted by Crippen LogP contribution is -2.21. The molecular formula is C6H8NO3. The molecule has 0 amide bonds. The van der Waals surface area contributed by atoms with Gasteiger partial charge >= 0.3 is 5.97 Å². The van der Waals surface area contributed by atoms with E-state index >= 15 is 0 Å². The molecule has 1 heterocycles. The number of hydrogen-bond donors (Lipinski definition) is 0. The van der Waals surface area contributed by atoms with Crippen LogP contribution in [0.1, 0.15) is 0 Å². The van der Waals surface area contributed by atoms with Gasteiger partial charge in [-0.15, -0.1) is 0 Å². The van der Waals surface area contributed by atoms with Gasteiger partial charge < -0.3 is 9.47 Å². The lowest BCUT2D eigenvalue weighted by molar-refractivity contribution is -0.142. The third kappa shape index (κ3) is 1.26. The van der Waals surface area contributed by atoms with Crippen LogP contribution in [0.4, 0.5) is 0 Å². The topological polar surface area (TPSA) is 47.9 Å². The normalized spacial score (nSPS) is 23.4. The summed E-state index contributed by atoms with van der Waals surface area (Å²) < 4.78 is 9.26. The van der Waals surface area contributed by atoms with Crippen LogP contribution in [0.25, 0.3) is 0 Å². The van der Waals surface area contributed by atoms with Crippen LogP contribution in [-0.4, -0.2) is 31.6 Å². The number of ether oxygens (including phenoxy) is 2. The largest absolute Gasteiger partial charge is 0.478 e. The van der Waals surface area contributed by atoms with Gasteiger partial charge in [0, 0.05) is 6.92 Å². The molecule has 0 aromatic rings. The van der Waals surface area contributed by atoms with E-state index in [2.05, 4.69) is 16.7 Å². The molecule has 0 aromatic carbocycles. The van der Waals surface area contributed by atoms with E-state index < -0.39 is 6.04 Å². The Labute approximate surface area is 58.8 Å². The number of rotatable bonds is 1. The number of nitrogens with zero attached hydrogens (tertiary/aromatic N) is 1. The van der Waals surface area contributed by atoms with Crippen molar-refractivity contribution in [2.75, 3.05) is 13.7 Å². The molecule has 1 unspecified atom stereocenters. The van der Waals surface area contributed by atoms with Gasteiger partial charge in [0.1, 0.15) is 6.61 Å².